The number of anilines is 1. The minimum absolute atomic E-state index is 0.150. The second-order valence-corrected chi connectivity index (χ2v) is 6.17. The predicted molar refractivity (Wildman–Crippen MR) is 93.9 cm³/mol. The molecule has 2 N–H and O–H groups in total. The Hall–Kier alpha value is -2.24. The summed E-state index contributed by atoms with van der Waals surface area (Å²) in [7, 11) is 1.75. The molecule has 1 fully saturated rings. The SMILES string of the molecule is COC[C@H](NCc1ccc(NC(=O)c2cccnc2)cc1)C1CC1. The van der Waals surface area contributed by atoms with Crippen LogP contribution < -0.4 is 10.6 Å². The van der Waals surface area contributed by atoms with Gasteiger partial charge in [0.25, 0.3) is 5.91 Å². The Morgan fingerprint density at radius 1 is 1.29 bits per heavy atom. The molecule has 0 radical (unpaired) electrons. The Morgan fingerprint density at radius 2 is 2.08 bits per heavy atom. The highest BCUT2D eigenvalue weighted by atomic mass is 16.5. The second kappa shape index (κ2) is 8.04. The van der Waals surface area contributed by atoms with Crippen LogP contribution in [-0.2, 0) is 11.3 Å². The molecule has 0 spiro atoms. The summed E-state index contributed by atoms with van der Waals surface area (Å²) in [5.41, 5.74) is 2.52. The molecule has 1 aliphatic carbocycles. The fourth-order valence-corrected chi connectivity index (χ4v) is 2.70. The molecule has 2 aromatic rings. The van der Waals surface area contributed by atoms with Crippen LogP contribution in [0.15, 0.2) is 48.8 Å². The van der Waals surface area contributed by atoms with Crippen molar-refractivity contribution in [2.24, 2.45) is 5.92 Å². The van der Waals surface area contributed by atoms with E-state index in [4.69, 9.17) is 4.74 Å². The highest BCUT2D eigenvalue weighted by Gasteiger charge is 2.30. The van der Waals surface area contributed by atoms with Gasteiger partial charge in [-0.2, -0.15) is 0 Å². The van der Waals surface area contributed by atoms with Crippen LogP contribution in [0.25, 0.3) is 0 Å². The summed E-state index contributed by atoms with van der Waals surface area (Å²) in [6.45, 7) is 1.56. The molecule has 1 aliphatic rings. The minimum Gasteiger partial charge on any atom is -0.383 e. The molecule has 126 valence electrons. The van der Waals surface area contributed by atoms with E-state index in [1.165, 1.54) is 18.4 Å². The number of benzene rings is 1. The number of nitrogens with zero attached hydrogens (tertiary/aromatic N) is 1. The molecule has 24 heavy (non-hydrogen) atoms. The average Bonchev–Trinajstić information content (AvgIpc) is 3.45. The Bertz CT molecular complexity index is 654. The largest absolute Gasteiger partial charge is 0.383 e. The van der Waals surface area contributed by atoms with Crippen molar-refractivity contribution in [2.45, 2.75) is 25.4 Å². The van der Waals surface area contributed by atoms with Crippen LogP contribution in [0.5, 0.6) is 0 Å². The van der Waals surface area contributed by atoms with Crippen molar-refractivity contribution in [3.05, 3.63) is 59.9 Å². The number of nitrogens with one attached hydrogen (secondary N) is 2. The van der Waals surface area contributed by atoms with Crippen LogP contribution in [0.1, 0.15) is 28.8 Å². The zero-order valence-corrected chi connectivity index (χ0v) is 13.9. The molecule has 1 heterocycles. The highest BCUT2D eigenvalue weighted by Crippen LogP contribution is 2.32. The van der Waals surface area contributed by atoms with Gasteiger partial charge in [-0.15, -0.1) is 0 Å². The number of ether oxygens (including phenoxy) is 1. The Labute approximate surface area is 142 Å². The van der Waals surface area contributed by atoms with Crippen molar-refractivity contribution in [1.29, 1.82) is 0 Å². The lowest BCUT2D eigenvalue weighted by molar-refractivity contribution is 0.102. The highest BCUT2D eigenvalue weighted by molar-refractivity contribution is 6.03. The summed E-state index contributed by atoms with van der Waals surface area (Å²) in [6, 6.07) is 11.8. The van der Waals surface area contributed by atoms with Gasteiger partial charge >= 0.3 is 0 Å². The fraction of sp³-hybridized carbons (Fsp3) is 0.368. The van der Waals surface area contributed by atoms with Gasteiger partial charge in [0.05, 0.1) is 12.2 Å². The number of amides is 1. The number of rotatable bonds is 8. The summed E-state index contributed by atoms with van der Waals surface area (Å²) < 4.78 is 5.28. The molecule has 1 aromatic carbocycles. The third-order valence-electron chi connectivity index (χ3n) is 4.24. The van der Waals surface area contributed by atoms with Gasteiger partial charge < -0.3 is 15.4 Å². The molecule has 0 unspecified atom stereocenters. The van der Waals surface area contributed by atoms with E-state index in [9.17, 15) is 4.79 Å². The van der Waals surface area contributed by atoms with Crippen LogP contribution in [-0.4, -0.2) is 30.6 Å². The molecule has 5 nitrogen and oxygen atoms in total. The quantitative estimate of drug-likeness (QED) is 0.783. The Kier molecular flexibility index (Phi) is 5.56. The fourth-order valence-electron chi connectivity index (χ4n) is 2.70. The van der Waals surface area contributed by atoms with Crippen molar-refractivity contribution in [3.8, 4) is 0 Å². The lowest BCUT2D eigenvalue weighted by Gasteiger charge is -2.17. The van der Waals surface area contributed by atoms with E-state index in [0.717, 1.165) is 24.8 Å². The van der Waals surface area contributed by atoms with Crippen molar-refractivity contribution in [3.63, 3.8) is 0 Å². The number of carbonyl (C=O) groups is 1. The van der Waals surface area contributed by atoms with Gasteiger partial charge in [0, 0.05) is 37.8 Å². The maximum atomic E-state index is 12.1. The lowest BCUT2D eigenvalue weighted by Crippen LogP contribution is -2.34. The number of pyridine rings is 1. The molecule has 1 amide bonds. The number of aromatic nitrogens is 1. The number of hydrogen-bond donors (Lipinski definition) is 2. The van der Waals surface area contributed by atoms with Gasteiger partial charge in [-0.25, -0.2) is 0 Å². The summed E-state index contributed by atoms with van der Waals surface area (Å²) in [4.78, 5) is 16.0. The van der Waals surface area contributed by atoms with Crippen molar-refractivity contribution < 1.29 is 9.53 Å². The smallest absolute Gasteiger partial charge is 0.257 e. The molecule has 1 aromatic heterocycles. The van der Waals surface area contributed by atoms with Crippen molar-refractivity contribution in [2.75, 3.05) is 19.0 Å². The van der Waals surface area contributed by atoms with E-state index in [2.05, 4.69) is 15.6 Å². The third-order valence-corrected chi connectivity index (χ3v) is 4.24. The molecule has 0 aliphatic heterocycles. The summed E-state index contributed by atoms with van der Waals surface area (Å²) in [5.74, 6) is 0.603. The van der Waals surface area contributed by atoms with E-state index in [0.29, 0.717) is 11.6 Å². The van der Waals surface area contributed by atoms with Crippen LogP contribution in [0.2, 0.25) is 0 Å². The maximum Gasteiger partial charge on any atom is 0.257 e. The van der Waals surface area contributed by atoms with Crippen molar-refractivity contribution in [1.82, 2.24) is 10.3 Å². The van der Waals surface area contributed by atoms with Crippen LogP contribution in [0, 0.1) is 5.92 Å². The van der Waals surface area contributed by atoms with Gasteiger partial charge in [0.2, 0.25) is 0 Å². The monoisotopic (exact) mass is 325 g/mol. The molecule has 3 rings (SSSR count). The first-order valence-corrected chi connectivity index (χ1v) is 8.29. The summed E-state index contributed by atoms with van der Waals surface area (Å²) in [5, 5.41) is 6.44. The topological polar surface area (TPSA) is 63.2 Å². The molecule has 5 heteroatoms. The Balaban J connectivity index is 1.52. The normalized spacial score (nSPS) is 15.0. The van der Waals surface area contributed by atoms with Gasteiger partial charge in [0.15, 0.2) is 0 Å². The summed E-state index contributed by atoms with van der Waals surface area (Å²) in [6.07, 6.45) is 5.79. The third kappa shape index (κ3) is 4.63. The van der Waals surface area contributed by atoms with E-state index < -0.39 is 0 Å². The van der Waals surface area contributed by atoms with E-state index in [1.807, 2.05) is 24.3 Å². The summed E-state index contributed by atoms with van der Waals surface area (Å²) >= 11 is 0. The van der Waals surface area contributed by atoms with Crippen molar-refractivity contribution >= 4 is 11.6 Å². The van der Waals surface area contributed by atoms with Crippen LogP contribution in [0.4, 0.5) is 5.69 Å². The number of carbonyl (C=O) groups excluding carboxylic acids is 1. The van der Waals surface area contributed by atoms with Gasteiger partial charge in [0.1, 0.15) is 0 Å². The molecular formula is C19H23N3O2. The molecule has 1 atom stereocenters. The molecule has 1 saturated carbocycles. The first-order chi connectivity index (χ1) is 11.8. The van der Waals surface area contributed by atoms with E-state index >= 15 is 0 Å². The van der Waals surface area contributed by atoms with Crippen LogP contribution >= 0.6 is 0 Å². The molecule has 0 saturated heterocycles. The molecular weight excluding hydrogens is 302 g/mol. The van der Waals surface area contributed by atoms with E-state index in [1.54, 1.807) is 31.6 Å². The first kappa shape index (κ1) is 16.6. The van der Waals surface area contributed by atoms with Gasteiger partial charge in [-0.05, 0) is 48.6 Å². The average molecular weight is 325 g/mol. The number of methoxy groups -OCH3 is 1. The number of hydrogen-bond acceptors (Lipinski definition) is 4. The first-order valence-electron chi connectivity index (χ1n) is 8.29. The lowest BCUT2D eigenvalue weighted by atomic mass is 10.1. The Morgan fingerprint density at radius 3 is 2.71 bits per heavy atom. The van der Waals surface area contributed by atoms with Gasteiger partial charge in [-0.1, -0.05) is 12.1 Å². The zero-order chi connectivity index (χ0) is 16.8. The molecule has 0 bridgehead atoms. The van der Waals surface area contributed by atoms with E-state index in [-0.39, 0.29) is 5.91 Å². The van der Waals surface area contributed by atoms with Gasteiger partial charge in [-0.3, -0.25) is 9.78 Å². The predicted octanol–water partition coefficient (Wildman–Crippen LogP) is 2.85. The van der Waals surface area contributed by atoms with Crippen LogP contribution in [0.3, 0.4) is 0 Å². The second-order valence-electron chi connectivity index (χ2n) is 6.17. The maximum absolute atomic E-state index is 12.1. The zero-order valence-electron chi connectivity index (χ0n) is 13.9. The minimum atomic E-state index is -0.150. The standard InChI is InChI=1S/C19H23N3O2/c1-24-13-18(15-6-7-15)21-11-14-4-8-17(9-5-14)22-19(23)16-3-2-10-20-12-16/h2-5,8-10,12,15,18,21H,6-7,11,13H2,1H3,(H,22,23)/t18-/m0/s1.